The average molecular weight is 402 g/mol. The Kier molecular flexibility index (Phi) is 7.09. The number of amides is 1. The number of hydrogen-bond donors (Lipinski definition) is 1. The lowest BCUT2D eigenvalue weighted by atomic mass is 10.1. The van der Waals surface area contributed by atoms with Crippen LogP contribution in [0.5, 0.6) is 5.75 Å². The van der Waals surface area contributed by atoms with Crippen molar-refractivity contribution >= 4 is 28.2 Å². The monoisotopic (exact) mass is 401 g/mol. The van der Waals surface area contributed by atoms with Crippen LogP contribution in [0.15, 0.2) is 24.3 Å². The second kappa shape index (κ2) is 9.73. The summed E-state index contributed by atoms with van der Waals surface area (Å²) in [6.45, 7) is 4.71. The van der Waals surface area contributed by atoms with Crippen molar-refractivity contribution in [2.75, 3.05) is 18.5 Å². The van der Waals surface area contributed by atoms with Gasteiger partial charge in [0.2, 0.25) is 0 Å². The predicted octanol–water partition coefficient (Wildman–Crippen LogP) is 5.23. The number of ether oxygens (including phenoxy) is 2. The van der Waals surface area contributed by atoms with Gasteiger partial charge in [-0.2, -0.15) is 0 Å². The van der Waals surface area contributed by atoms with Crippen molar-refractivity contribution in [1.29, 1.82) is 0 Å². The summed E-state index contributed by atoms with van der Waals surface area (Å²) in [5.74, 6) is -0.0737. The molecule has 150 valence electrons. The Morgan fingerprint density at radius 1 is 1.11 bits per heavy atom. The van der Waals surface area contributed by atoms with Crippen molar-refractivity contribution in [2.45, 2.75) is 52.4 Å². The van der Waals surface area contributed by atoms with E-state index in [9.17, 15) is 9.59 Å². The van der Waals surface area contributed by atoms with E-state index >= 15 is 0 Å². The Hall–Kier alpha value is -2.34. The molecule has 1 amide bonds. The topological polar surface area (TPSA) is 64.6 Å². The van der Waals surface area contributed by atoms with Gasteiger partial charge < -0.3 is 14.8 Å². The molecule has 0 fully saturated rings. The fraction of sp³-hybridized carbons (Fsp3) is 0.455. The van der Waals surface area contributed by atoms with Gasteiger partial charge in [0.25, 0.3) is 5.91 Å². The lowest BCUT2D eigenvalue weighted by Crippen LogP contribution is -2.16. The first-order valence-corrected chi connectivity index (χ1v) is 10.8. The van der Waals surface area contributed by atoms with Crippen LogP contribution >= 0.6 is 11.3 Å². The molecule has 0 aliphatic heterocycles. The van der Waals surface area contributed by atoms with E-state index in [0.717, 1.165) is 44.1 Å². The zero-order valence-electron chi connectivity index (χ0n) is 16.5. The molecule has 0 bridgehead atoms. The number of anilines is 1. The molecule has 1 aromatic carbocycles. The fourth-order valence-electron chi connectivity index (χ4n) is 3.42. The van der Waals surface area contributed by atoms with Gasteiger partial charge in [0.1, 0.15) is 10.8 Å². The molecular formula is C22H27NO4S. The lowest BCUT2D eigenvalue weighted by Gasteiger charge is -2.11. The van der Waals surface area contributed by atoms with Crippen LogP contribution in [0.4, 0.5) is 5.00 Å². The fourth-order valence-corrected chi connectivity index (χ4v) is 4.69. The first kappa shape index (κ1) is 20.4. The van der Waals surface area contributed by atoms with Crippen molar-refractivity contribution < 1.29 is 19.1 Å². The predicted molar refractivity (Wildman–Crippen MR) is 112 cm³/mol. The molecule has 5 nitrogen and oxygen atoms in total. The normalized spacial score (nSPS) is 13.4. The molecule has 1 heterocycles. The van der Waals surface area contributed by atoms with E-state index in [-0.39, 0.29) is 11.9 Å². The van der Waals surface area contributed by atoms with Crippen molar-refractivity contribution in [1.82, 2.24) is 0 Å². The van der Waals surface area contributed by atoms with Crippen LogP contribution in [0.2, 0.25) is 0 Å². The highest BCUT2D eigenvalue weighted by Crippen LogP contribution is 2.38. The number of esters is 1. The molecule has 2 aromatic rings. The zero-order chi connectivity index (χ0) is 19.9. The summed E-state index contributed by atoms with van der Waals surface area (Å²) >= 11 is 1.51. The van der Waals surface area contributed by atoms with E-state index in [4.69, 9.17) is 9.47 Å². The maximum atomic E-state index is 12.9. The molecule has 6 heteroatoms. The van der Waals surface area contributed by atoms with Gasteiger partial charge in [0.05, 0.1) is 24.3 Å². The van der Waals surface area contributed by atoms with Gasteiger partial charge in [0.15, 0.2) is 0 Å². The number of thiophene rings is 1. The first-order chi connectivity index (χ1) is 13.7. The highest BCUT2D eigenvalue weighted by atomic mass is 32.1. The molecule has 0 atom stereocenters. The van der Waals surface area contributed by atoms with E-state index in [2.05, 4.69) is 5.32 Å². The van der Waals surface area contributed by atoms with Gasteiger partial charge in [0, 0.05) is 4.88 Å². The second-order valence-corrected chi connectivity index (χ2v) is 7.89. The Morgan fingerprint density at radius 3 is 2.68 bits per heavy atom. The smallest absolute Gasteiger partial charge is 0.341 e. The van der Waals surface area contributed by atoms with Gasteiger partial charge in [-0.1, -0.05) is 25.5 Å². The third-order valence-corrected chi connectivity index (χ3v) is 5.93. The van der Waals surface area contributed by atoms with Crippen LogP contribution in [-0.2, 0) is 17.6 Å². The molecule has 1 aromatic heterocycles. The van der Waals surface area contributed by atoms with E-state index in [1.54, 1.807) is 18.2 Å². The third-order valence-electron chi connectivity index (χ3n) is 4.72. The maximum Gasteiger partial charge on any atom is 0.341 e. The number of carbonyl (C=O) groups is 2. The van der Waals surface area contributed by atoms with E-state index in [1.165, 1.54) is 16.2 Å². The molecule has 0 radical (unpaired) electrons. The van der Waals surface area contributed by atoms with Gasteiger partial charge in [-0.05, 0) is 56.7 Å². The molecular weight excluding hydrogens is 374 g/mol. The van der Waals surface area contributed by atoms with Gasteiger partial charge >= 0.3 is 5.97 Å². The quantitative estimate of drug-likeness (QED) is 0.509. The minimum Gasteiger partial charge on any atom is -0.493 e. The molecule has 1 N–H and O–H groups in total. The number of carbonyl (C=O) groups excluding carboxylic acids is 2. The van der Waals surface area contributed by atoms with E-state index in [1.807, 2.05) is 19.9 Å². The number of aryl methyl sites for hydroxylation is 1. The highest BCUT2D eigenvalue weighted by molar-refractivity contribution is 7.17. The summed E-state index contributed by atoms with van der Waals surface area (Å²) < 4.78 is 11.0. The average Bonchev–Trinajstić information content (AvgIpc) is 2.87. The van der Waals surface area contributed by atoms with Crippen LogP contribution in [0, 0.1) is 0 Å². The summed E-state index contributed by atoms with van der Waals surface area (Å²) in [6.07, 6.45) is 5.89. The standard InChI is InChI=1S/C22H27NO4S/c1-3-14-27-22(25)19-16-11-6-5-7-13-18(16)28-21(19)23-20(24)15-10-8-9-12-17(15)26-4-2/h8-10,12H,3-7,11,13-14H2,1-2H3,(H,23,24). The number of hydrogen-bond acceptors (Lipinski definition) is 5. The Labute approximate surface area is 170 Å². The van der Waals surface area contributed by atoms with Crippen molar-refractivity contribution in [3.8, 4) is 5.75 Å². The first-order valence-electron chi connectivity index (χ1n) is 10.0. The molecule has 0 unspecified atom stereocenters. The van der Waals surface area contributed by atoms with Crippen molar-refractivity contribution in [3.63, 3.8) is 0 Å². The zero-order valence-corrected chi connectivity index (χ0v) is 17.3. The van der Waals surface area contributed by atoms with Gasteiger partial charge in [-0.3, -0.25) is 4.79 Å². The highest BCUT2D eigenvalue weighted by Gasteiger charge is 2.27. The molecule has 0 saturated heterocycles. The van der Waals surface area contributed by atoms with E-state index < -0.39 is 0 Å². The summed E-state index contributed by atoms with van der Waals surface area (Å²) in [5.41, 5.74) is 2.05. The molecule has 1 aliphatic carbocycles. The second-order valence-electron chi connectivity index (χ2n) is 6.79. The van der Waals surface area contributed by atoms with Crippen LogP contribution in [0.25, 0.3) is 0 Å². The minimum absolute atomic E-state index is 0.273. The van der Waals surface area contributed by atoms with Crippen LogP contribution in [0.1, 0.15) is 70.7 Å². The number of fused-ring (bicyclic) bond motifs is 1. The van der Waals surface area contributed by atoms with E-state index in [0.29, 0.717) is 35.1 Å². The Bertz CT molecular complexity index is 843. The Balaban J connectivity index is 1.93. The number of para-hydroxylation sites is 1. The third kappa shape index (κ3) is 4.55. The van der Waals surface area contributed by atoms with Crippen molar-refractivity contribution in [2.24, 2.45) is 0 Å². The van der Waals surface area contributed by atoms with Crippen LogP contribution < -0.4 is 10.1 Å². The number of nitrogens with one attached hydrogen (secondary N) is 1. The van der Waals surface area contributed by atoms with Crippen LogP contribution in [-0.4, -0.2) is 25.1 Å². The van der Waals surface area contributed by atoms with Crippen LogP contribution in [0.3, 0.4) is 0 Å². The summed E-state index contributed by atoms with van der Waals surface area (Å²) in [6, 6.07) is 7.15. The molecule has 28 heavy (non-hydrogen) atoms. The molecule has 0 saturated carbocycles. The maximum absolute atomic E-state index is 12.9. The summed E-state index contributed by atoms with van der Waals surface area (Å²) in [5, 5.41) is 3.55. The lowest BCUT2D eigenvalue weighted by molar-refractivity contribution is 0.0505. The molecule has 0 spiro atoms. The SMILES string of the molecule is CCCOC(=O)c1c(NC(=O)c2ccccc2OCC)sc2c1CCCCC2. The number of rotatable bonds is 7. The summed E-state index contributed by atoms with van der Waals surface area (Å²) in [7, 11) is 0. The minimum atomic E-state index is -0.338. The summed E-state index contributed by atoms with van der Waals surface area (Å²) in [4.78, 5) is 26.9. The molecule has 3 rings (SSSR count). The largest absolute Gasteiger partial charge is 0.493 e. The van der Waals surface area contributed by atoms with Gasteiger partial charge in [-0.25, -0.2) is 4.79 Å². The van der Waals surface area contributed by atoms with Crippen molar-refractivity contribution in [3.05, 3.63) is 45.8 Å². The number of benzene rings is 1. The van der Waals surface area contributed by atoms with Gasteiger partial charge in [-0.15, -0.1) is 11.3 Å². The Morgan fingerprint density at radius 2 is 1.89 bits per heavy atom. The molecule has 1 aliphatic rings.